The second-order valence-corrected chi connectivity index (χ2v) is 7.67. The van der Waals surface area contributed by atoms with Crippen molar-refractivity contribution in [1.82, 2.24) is 4.90 Å². The second-order valence-electron chi connectivity index (χ2n) is 6.57. The Bertz CT molecular complexity index is 937. The van der Waals surface area contributed by atoms with Crippen LogP contribution in [-0.4, -0.2) is 42.6 Å². The molecule has 1 aromatic carbocycles. The summed E-state index contributed by atoms with van der Waals surface area (Å²) in [6.45, 7) is 6.69. The molecule has 1 aromatic heterocycles. The predicted octanol–water partition coefficient (Wildman–Crippen LogP) is 4.00. The number of fused-ring (bicyclic) bond motifs is 1. The van der Waals surface area contributed by atoms with Crippen molar-refractivity contribution in [3.63, 3.8) is 0 Å². The summed E-state index contributed by atoms with van der Waals surface area (Å²) >= 11 is 1.30. The Morgan fingerprint density at radius 3 is 2.55 bits per heavy atom. The van der Waals surface area contributed by atoms with Gasteiger partial charge in [-0.05, 0) is 44.4 Å². The quantitative estimate of drug-likeness (QED) is 0.745. The minimum absolute atomic E-state index is 0.240. The van der Waals surface area contributed by atoms with E-state index >= 15 is 0 Å². The van der Waals surface area contributed by atoms with Crippen LogP contribution in [0.4, 0.5) is 9.80 Å². The van der Waals surface area contributed by atoms with Crippen molar-refractivity contribution in [2.24, 2.45) is 0 Å². The average Bonchev–Trinajstić information content (AvgIpc) is 3.05. The summed E-state index contributed by atoms with van der Waals surface area (Å²) in [7, 11) is 0. The van der Waals surface area contributed by atoms with Gasteiger partial charge in [-0.3, -0.25) is 4.79 Å². The van der Waals surface area contributed by atoms with Crippen LogP contribution in [0.15, 0.2) is 24.3 Å². The first-order valence-electron chi connectivity index (χ1n) is 9.56. The number of ether oxygens (including phenoxy) is 2. The summed E-state index contributed by atoms with van der Waals surface area (Å²) in [5.74, 6) is -0.746. The summed E-state index contributed by atoms with van der Waals surface area (Å²) in [6.07, 6.45) is 0.119. The van der Waals surface area contributed by atoms with Crippen LogP contribution in [0.3, 0.4) is 0 Å². The van der Waals surface area contributed by atoms with Gasteiger partial charge in [-0.25, -0.2) is 9.59 Å². The Morgan fingerprint density at radius 1 is 1.14 bits per heavy atom. The molecule has 2 heterocycles. The lowest BCUT2D eigenvalue weighted by molar-refractivity contribution is 0.0526. The number of anilines is 1. The molecule has 3 rings (SSSR count). The third-order valence-electron chi connectivity index (χ3n) is 4.68. The minimum atomic E-state index is -0.463. The van der Waals surface area contributed by atoms with Crippen molar-refractivity contribution < 1.29 is 23.9 Å². The molecule has 2 aromatic rings. The zero-order valence-electron chi connectivity index (χ0n) is 16.7. The van der Waals surface area contributed by atoms with Crippen molar-refractivity contribution in [2.75, 3.05) is 25.1 Å². The maximum Gasteiger partial charge on any atom is 0.410 e. The van der Waals surface area contributed by atoms with Gasteiger partial charge in [0.2, 0.25) is 0 Å². The molecular weight excluding hydrogens is 392 g/mol. The Hall–Kier alpha value is -2.87. The molecule has 0 unspecified atom stereocenters. The molecule has 29 heavy (non-hydrogen) atoms. The SMILES string of the molecule is CCOC(=O)c1c(NC(=O)c2ccccc2C)sc2c1CCN(C(=O)OCC)C2. The number of benzene rings is 1. The van der Waals surface area contributed by atoms with Gasteiger partial charge < -0.3 is 19.7 Å². The molecule has 0 atom stereocenters. The van der Waals surface area contributed by atoms with Crippen LogP contribution in [0, 0.1) is 6.92 Å². The number of carbonyl (C=O) groups excluding carboxylic acids is 3. The molecule has 7 nitrogen and oxygen atoms in total. The molecule has 0 bridgehead atoms. The van der Waals surface area contributed by atoms with E-state index in [1.807, 2.05) is 19.1 Å². The lowest BCUT2D eigenvalue weighted by atomic mass is 10.0. The highest BCUT2D eigenvalue weighted by atomic mass is 32.1. The van der Waals surface area contributed by atoms with Crippen molar-refractivity contribution in [1.29, 1.82) is 0 Å². The molecule has 8 heteroatoms. The second kappa shape index (κ2) is 9.09. The normalized spacial score (nSPS) is 12.9. The van der Waals surface area contributed by atoms with E-state index in [0.717, 1.165) is 16.0 Å². The summed E-state index contributed by atoms with van der Waals surface area (Å²) in [4.78, 5) is 40.0. The van der Waals surface area contributed by atoms with Crippen LogP contribution in [0.2, 0.25) is 0 Å². The van der Waals surface area contributed by atoms with Crippen LogP contribution in [-0.2, 0) is 22.4 Å². The summed E-state index contributed by atoms with van der Waals surface area (Å²) in [6, 6.07) is 7.26. The van der Waals surface area contributed by atoms with E-state index in [2.05, 4.69) is 5.32 Å². The number of aryl methyl sites for hydroxylation is 1. The summed E-state index contributed by atoms with van der Waals surface area (Å²) < 4.78 is 10.3. The van der Waals surface area contributed by atoms with Gasteiger partial charge in [-0.15, -0.1) is 11.3 Å². The number of rotatable bonds is 5. The number of carbonyl (C=O) groups is 3. The molecule has 0 radical (unpaired) electrons. The molecule has 2 amide bonds. The van der Waals surface area contributed by atoms with Crippen molar-refractivity contribution in [2.45, 2.75) is 33.7 Å². The van der Waals surface area contributed by atoms with Crippen LogP contribution in [0.25, 0.3) is 0 Å². The Kier molecular flexibility index (Phi) is 6.53. The third-order valence-corrected chi connectivity index (χ3v) is 5.81. The van der Waals surface area contributed by atoms with Crippen LogP contribution in [0.1, 0.15) is 50.6 Å². The molecule has 1 aliphatic heterocycles. The average molecular weight is 416 g/mol. The van der Waals surface area contributed by atoms with Gasteiger partial charge in [0, 0.05) is 17.0 Å². The highest BCUT2D eigenvalue weighted by Crippen LogP contribution is 2.38. The first kappa shape index (κ1) is 20.9. The lowest BCUT2D eigenvalue weighted by Crippen LogP contribution is -2.36. The van der Waals surface area contributed by atoms with E-state index in [4.69, 9.17) is 9.47 Å². The number of hydrogen-bond acceptors (Lipinski definition) is 6. The highest BCUT2D eigenvalue weighted by molar-refractivity contribution is 7.17. The topological polar surface area (TPSA) is 84.9 Å². The van der Waals surface area contributed by atoms with Gasteiger partial charge in [0.05, 0.1) is 25.3 Å². The molecule has 0 aliphatic carbocycles. The number of esters is 1. The van der Waals surface area contributed by atoms with Crippen molar-refractivity contribution in [3.05, 3.63) is 51.4 Å². The van der Waals surface area contributed by atoms with Crippen molar-refractivity contribution >= 4 is 34.3 Å². The molecule has 1 N–H and O–H groups in total. The molecular formula is C21H24N2O5S. The van der Waals surface area contributed by atoms with Gasteiger partial charge in [0.1, 0.15) is 5.00 Å². The first-order chi connectivity index (χ1) is 14.0. The maximum atomic E-state index is 12.8. The van der Waals surface area contributed by atoms with Crippen LogP contribution in [0.5, 0.6) is 0 Å². The monoisotopic (exact) mass is 416 g/mol. The van der Waals surface area contributed by atoms with E-state index in [9.17, 15) is 14.4 Å². The van der Waals surface area contributed by atoms with Crippen LogP contribution < -0.4 is 5.32 Å². The molecule has 0 saturated heterocycles. The number of nitrogens with zero attached hydrogens (tertiary/aromatic N) is 1. The summed E-state index contributed by atoms with van der Waals surface area (Å²) in [5, 5.41) is 3.33. The standard InChI is InChI=1S/C21H24N2O5S/c1-4-27-20(25)17-15-10-11-23(21(26)28-5-2)12-16(15)29-19(17)22-18(24)14-9-7-6-8-13(14)3/h6-9H,4-5,10-12H2,1-3H3,(H,22,24). The fraction of sp³-hybridized carbons (Fsp3) is 0.381. The Labute approximate surface area is 173 Å². The van der Waals surface area contributed by atoms with E-state index in [1.54, 1.807) is 30.9 Å². The summed E-state index contributed by atoms with van der Waals surface area (Å²) in [5.41, 5.74) is 2.60. The zero-order chi connectivity index (χ0) is 21.0. The Balaban J connectivity index is 1.92. The molecule has 0 spiro atoms. The Morgan fingerprint density at radius 2 is 1.86 bits per heavy atom. The smallest absolute Gasteiger partial charge is 0.410 e. The number of amides is 2. The fourth-order valence-corrected chi connectivity index (χ4v) is 4.53. The number of thiophene rings is 1. The first-order valence-corrected chi connectivity index (χ1v) is 10.4. The van der Waals surface area contributed by atoms with Gasteiger partial charge >= 0.3 is 12.1 Å². The minimum Gasteiger partial charge on any atom is -0.462 e. The van der Waals surface area contributed by atoms with Crippen molar-refractivity contribution in [3.8, 4) is 0 Å². The molecule has 0 saturated carbocycles. The molecule has 154 valence electrons. The van der Waals surface area contributed by atoms with Gasteiger partial charge in [0.25, 0.3) is 5.91 Å². The lowest BCUT2D eigenvalue weighted by Gasteiger charge is -2.26. The number of nitrogens with one attached hydrogen (secondary N) is 1. The zero-order valence-corrected chi connectivity index (χ0v) is 17.6. The molecule has 0 fully saturated rings. The van der Waals surface area contributed by atoms with E-state index in [0.29, 0.717) is 42.2 Å². The molecule has 1 aliphatic rings. The van der Waals surface area contributed by atoms with E-state index in [1.165, 1.54) is 11.3 Å². The van der Waals surface area contributed by atoms with Gasteiger partial charge in [0.15, 0.2) is 0 Å². The largest absolute Gasteiger partial charge is 0.462 e. The van der Waals surface area contributed by atoms with Crippen LogP contribution >= 0.6 is 11.3 Å². The van der Waals surface area contributed by atoms with Gasteiger partial charge in [-0.1, -0.05) is 18.2 Å². The maximum absolute atomic E-state index is 12.8. The predicted molar refractivity (Wildman–Crippen MR) is 111 cm³/mol. The fourth-order valence-electron chi connectivity index (χ4n) is 3.28. The number of hydrogen-bond donors (Lipinski definition) is 1. The third kappa shape index (κ3) is 4.42. The van der Waals surface area contributed by atoms with E-state index in [-0.39, 0.29) is 18.6 Å². The van der Waals surface area contributed by atoms with E-state index < -0.39 is 5.97 Å². The highest BCUT2D eigenvalue weighted by Gasteiger charge is 2.31. The van der Waals surface area contributed by atoms with Gasteiger partial charge in [-0.2, -0.15) is 0 Å².